The van der Waals surface area contributed by atoms with Crippen molar-refractivity contribution in [2.45, 2.75) is 64.8 Å². The Hall–Kier alpha value is -2.28. The SMILES string of the molecule is CCOc1ccc(NC(=O)NC(=O)CNC2CCCCCCC2)cc1OCC. The van der Waals surface area contributed by atoms with E-state index in [4.69, 9.17) is 9.47 Å². The maximum atomic E-state index is 12.1. The van der Waals surface area contributed by atoms with E-state index < -0.39 is 6.03 Å². The molecule has 1 aliphatic rings. The van der Waals surface area contributed by atoms with Gasteiger partial charge >= 0.3 is 6.03 Å². The number of carbonyl (C=O) groups excluding carboxylic acids is 2. The van der Waals surface area contributed by atoms with Gasteiger partial charge in [-0.15, -0.1) is 0 Å². The zero-order valence-electron chi connectivity index (χ0n) is 17.0. The van der Waals surface area contributed by atoms with Gasteiger partial charge in [-0.2, -0.15) is 0 Å². The van der Waals surface area contributed by atoms with Crippen molar-refractivity contribution in [2.24, 2.45) is 0 Å². The van der Waals surface area contributed by atoms with Crippen molar-refractivity contribution in [1.82, 2.24) is 10.6 Å². The van der Waals surface area contributed by atoms with E-state index in [9.17, 15) is 9.59 Å². The Balaban J connectivity index is 1.80. The lowest BCUT2D eigenvalue weighted by molar-refractivity contribution is -0.119. The molecule has 0 aromatic heterocycles. The summed E-state index contributed by atoms with van der Waals surface area (Å²) in [6, 6.07) is 4.93. The van der Waals surface area contributed by atoms with Gasteiger partial charge in [-0.3, -0.25) is 10.1 Å². The Bertz CT molecular complexity index is 628. The number of carbonyl (C=O) groups is 2. The van der Waals surface area contributed by atoms with Gasteiger partial charge in [-0.05, 0) is 38.8 Å². The molecule has 1 aromatic carbocycles. The number of urea groups is 1. The first-order valence-corrected chi connectivity index (χ1v) is 10.4. The summed E-state index contributed by atoms with van der Waals surface area (Å²) in [4.78, 5) is 24.2. The van der Waals surface area contributed by atoms with E-state index >= 15 is 0 Å². The second kappa shape index (κ2) is 12.2. The molecule has 3 amide bonds. The van der Waals surface area contributed by atoms with Crippen molar-refractivity contribution in [3.63, 3.8) is 0 Å². The number of nitrogens with one attached hydrogen (secondary N) is 3. The smallest absolute Gasteiger partial charge is 0.325 e. The molecule has 7 nitrogen and oxygen atoms in total. The lowest BCUT2D eigenvalue weighted by Crippen LogP contribution is -2.43. The summed E-state index contributed by atoms with van der Waals surface area (Å²) in [5.41, 5.74) is 0.533. The van der Waals surface area contributed by atoms with E-state index in [-0.39, 0.29) is 12.5 Å². The number of imide groups is 1. The second-order valence-corrected chi connectivity index (χ2v) is 6.95. The van der Waals surface area contributed by atoms with Crippen molar-refractivity contribution in [3.8, 4) is 11.5 Å². The molecule has 0 saturated heterocycles. The Morgan fingerprint density at radius 2 is 1.61 bits per heavy atom. The zero-order valence-corrected chi connectivity index (χ0v) is 17.0. The molecule has 1 aliphatic carbocycles. The molecule has 0 aliphatic heterocycles. The summed E-state index contributed by atoms with van der Waals surface area (Å²) < 4.78 is 11.0. The minimum absolute atomic E-state index is 0.144. The fourth-order valence-electron chi connectivity index (χ4n) is 3.36. The van der Waals surface area contributed by atoms with Gasteiger partial charge in [0.15, 0.2) is 11.5 Å². The van der Waals surface area contributed by atoms with Crippen molar-refractivity contribution < 1.29 is 19.1 Å². The molecule has 0 atom stereocenters. The van der Waals surface area contributed by atoms with Crippen LogP contribution in [0.2, 0.25) is 0 Å². The molecular formula is C21H33N3O4. The average molecular weight is 392 g/mol. The first-order valence-electron chi connectivity index (χ1n) is 10.4. The molecule has 0 unspecified atom stereocenters. The monoisotopic (exact) mass is 391 g/mol. The highest BCUT2D eigenvalue weighted by Crippen LogP contribution is 2.30. The van der Waals surface area contributed by atoms with E-state index in [1.807, 2.05) is 13.8 Å². The largest absolute Gasteiger partial charge is 0.490 e. The predicted molar refractivity (Wildman–Crippen MR) is 110 cm³/mol. The third kappa shape index (κ3) is 7.76. The number of hydrogen-bond donors (Lipinski definition) is 3. The van der Waals surface area contributed by atoms with Gasteiger partial charge in [0.05, 0.1) is 19.8 Å². The summed E-state index contributed by atoms with van der Waals surface area (Å²) in [5, 5.41) is 8.30. The van der Waals surface area contributed by atoms with Crippen LogP contribution in [0.1, 0.15) is 58.8 Å². The Labute approximate surface area is 167 Å². The molecule has 2 rings (SSSR count). The molecule has 1 fully saturated rings. The number of rotatable bonds is 8. The third-order valence-corrected chi connectivity index (χ3v) is 4.71. The lowest BCUT2D eigenvalue weighted by atomic mass is 9.97. The van der Waals surface area contributed by atoms with Crippen LogP contribution >= 0.6 is 0 Å². The molecule has 0 spiro atoms. The van der Waals surface area contributed by atoms with Crippen LogP contribution in [0.3, 0.4) is 0 Å². The van der Waals surface area contributed by atoms with Crippen molar-refractivity contribution in [2.75, 3.05) is 25.1 Å². The summed E-state index contributed by atoms with van der Waals surface area (Å²) in [6.45, 7) is 4.93. The molecule has 1 saturated carbocycles. The summed E-state index contributed by atoms with van der Waals surface area (Å²) in [7, 11) is 0. The van der Waals surface area contributed by atoms with E-state index in [1.165, 1.54) is 32.1 Å². The quantitative estimate of drug-likeness (QED) is 0.627. The van der Waals surface area contributed by atoms with Crippen LogP contribution in [0, 0.1) is 0 Å². The van der Waals surface area contributed by atoms with Crippen molar-refractivity contribution >= 4 is 17.6 Å². The number of benzene rings is 1. The summed E-state index contributed by atoms with van der Waals surface area (Å²) >= 11 is 0. The molecule has 7 heteroatoms. The van der Waals surface area contributed by atoms with E-state index in [1.54, 1.807) is 18.2 Å². The standard InChI is InChI=1S/C21H33N3O4/c1-3-27-18-13-12-17(14-19(18)28-4-2)23-21(26)24-20(25)15-22-16-10-8-6-5-7-9-11-16/h12-14,16,22H,3-11,15H2,1-2H3,(H2,23,24,25,26). The highest BCUT2D eigenvalue weighted by molar-refractivity contribution is 6.01. The van der Waals surface area contributed by atoms with Crippen LogP contribution in [-0.4, -0.2) is 37.7 Å². The molecular weight excluding hydrogens is 358 g/mol. The van der Waals surface area contributed by atoms with Crippen LogP contribution in [0.5, 0.6) is 11.5 Å². The van der Waals surface area contributed by atoms with Crippen molar-refractivity contribution in [3.05, 3.63) is 18.2 Å². The number of hydrogen-bond acceptors (Lipinski definition) is 5. The van der Waals surface area contributed by atoms with Gasteiger partial charge in [0.1, 0.15) is 0 Å². The highest BCUT2D eigenvalue weighted by Gasteiger charge is 2.14. The molecule has 0 radical (unpaired) electrons. The first-order chi connectivity index (χ1) is 13.6. The topological polar surface area (TPSA) is 88.7 Å². The van der Waals surface area contributed by atoms with E-state index in [2.05, 4.69) is 16.0 Å². The minimum Gasteiger partial charge on any atom is -0.490 e. The average Bonchev–Trinajstić information content (AvgIpc) is 2.63. The maximum absolute atomic E-state index is 12.1. The van der Waals surface area contributed by atoms with Gasteiger partial charge < -0.3 is 20.1 Å². The Kier molecular flexibility index (Phi) is 9.62. The number of ether oxygens (including phenoxy) is 2. The fraction of sp³-hybridized carbons (Fsp3) is 0.619. The normalized spacial score (nSPS) is 15.2. The van der Waals surface area contributed by atoms with E-state index in [0.717, 1.165) is 12.8 Å². The molecule has 0 heterocycles. The third-order valence-electron chi connectivity index (χ3n) is 4.71. The van der Waals surface area contributed by atoms with Crippen LogP contribution in [0.4, 0.5) is 10.5 Å². The number of amides is 3. The van der Waals surface area contributed by atoms with Crippen molar-refractivity contribution in [1.29, 1.82) is 0 Å². The highest BCUT2D eigenvalue weighted by atomic mass is 16.5. The predicted octanol–water partition coefficient (Wildman–Crippen LogP) is 3.83. The summed E-state index contributed by atoms with van der Waals surface area (Å²) in [6.07, 6.45) is 8.40. The molecule has 1 aromatic rings. The van der Waals surface area contributed by atoms with Crippen LogP contribution < -0.4 is 25.4 Å². The molecule has 3 N–H and O–H groups in total. The van der Waals surface area contributed by atoms with Gasteiger partial charge in [-0.1, -0.05) is 32.1 Å². The van der Waals surface area contributed by atoms with E-state index in [0.29, 0.717) is 36.4 Å². The van der Waals surface area contributed by atoms with Crippen LogP contribution in [0.25, 0.3) is 0 Å². The Morgan fingerprint density at radius 1 is 0.964 bits per heavy atom. The molecule has 28 heavy (non-hydrogen) atoms. The van der Waals surface area contributed by atoms with Gasteiger partial charge in [0, 0.05) is 17.8 Å². The minimum atomic E-state index is -0.559. The lowest BCUT2D eigenvalue weighted by Gasteiger charge is -2.20. The second-order valence-electron chi connectivity index (χ2n) is 6.95. The zero-order chi connectivity index (χ0) is 20.2. The van der Waals surface area contributed by atoms with Gasteiger partial charge in [0.2, 0.25) is 5.91 Å². The molecule has 0 bridgehead atoms. The molecule has 156 valence electrons. The van der Waals surface area contributed by atoms with Crippen LogP contribution in [-0.2, 0) is 4.79 Å². The van der Waals surface area contributed by atoms with Gasteiger partial charge in [-0.25, -0.2) is 4.79 Å². The maximum Gasteiger partial charge on any atom is 0.325 e. The summed E-state index contributed by atoms with van der Waals surface area (Å²) in [5.74, 6) is 0.838. The van der Waals surface area contributed by atoms with Crippen LogP contribution in [0.15, 0.2) is 18.2 Å². The Morgan fingerprint density at radius 3 is 2.29 bits per heavy atom. The first kappa shape index (κ1) is 22.0. The fourth-order valence-corrected chi connectivity index (χ4v) is 3.36. The van der Waals surface area contributed by atoms with Gasteiger partial charge in [0.25, 0.3) is 0 Å². The number of anilines is 1.